The van der Waals surface area contributed by atoms with Crippen molar-refractivity contribution in [2.75, 3.05) is 18.4 Å². The van der Waals surface area contributed by atoms with Gasteiger partial charge >= 0.3 is 6.18 Å². The predicted octanol–water partition coefficient (Wildman–Crippen LogP) is 3.28. The van der Waals surface area contributed by atoms with E-state index in [1.54, 1.807) is 20.0 Å². The van der Waals surface area contributed by atoms with E-state index in [1.807, 2.05) is 0 Å². The first-order valence-corrected chi connectivity index (χ1v) is 10.6. The highest BCUT2D eigenvalue weighted by Gasteiger charge is 2.47. The summed E-state index contributed by atoms with van der Waals surface area (Å²) in [6, 6.07) is 0.873. The largest absolute Gasteiger partial charge is 0.434 e. The minimum Gasteiger partial charge on any atom is -0.367 e. The fourth-order valence-electron chi connectivity index (χ4n) is 4.04. The molecule has 9 nitrogen and oxygen atoms in total. The van der Waals surface area contributed by atoms with Gasteiger partial charge in [0.1, 0.15) is 5.82 Å². The van der Waals surface area contributed by atoms with Gasteiger partial charge < -0.3 is 10.2 Å². The Kier molecular flexibility index (Phi) is 6.38. The van der Waals surface area contributed by atoms with E-state index in [1.165, 1.54) is 23.3 Å². The van der Waals surface area contributed by atoms with E-state index < -0.39 is 48.6 Å². The van der Waals surface area contributed by atoms with Crippen LogP contribution in [-0.4, -0.2) is 65.6 Å². The molecule has 3 aromatic heterocycles. The highest BCUT2D eigenvalue weighted by molar-refractivity contribution is 5.98. The number of anilines is 1. The van der Waals surface area contributed by atoms with Crippen LogP contribution in [0.25, 0.3) is 11.4 Å². The molecule has 1 fully saturated rings. The molecule has 1 aliphatic rings. The minimum atomic E-state index is -4.64. The predicted molar refractivity (Wildman–Crippen MR) is 113 cm³/mol. The van der Waals surface area contributed by atoms with Crippen LogP contribution in [0.15, 0.2) is 37.1 Å². The van der Waals surface area contributed by atoms with Crippen LogP contribution in [0.4, 0.5) is 27.8 Å². The zero-order valence-electron chi connectivity index (χ0n) is 18.7. The average Bonchev–Trinajstić information content (AvgIpc) is 3.19. The van der Waals surface area contributed by atoms with Crippen LogP contribution < -0.4 is 5.32 Å². The van der Waals surface area contributed by atoms with Gasteiger partial charge in [0.2, 0.25) is 0 Å². The number of nitrogens with zero attached hydrogens (tertiary/aromatic N) is 7. The number of halogens is 5. The first kappa shape index (κ1) is 24.4. The van der Waals surface area contributed by atoms with Crippen molar-refractivity contribution in [3.05, 3.63) is 48.4 Å². The lowest BCUT2D eigenvalue weighted by atomic mass is 9.88. The molecule has 3 aromatic rings. The first-order valence-electron chi connectivity index (χ1n) is 10.6. The van der Waals surface area contributed by atoms with E-state index in [2.05, 4.69) is 30.4 Å². The van der Waals surface area contributed by atoms with Gasteiger partial charge in [-0.2, -0.15) is 18.3 Å². The van der Waals surface area contributed by atoms with Crippen LogP contribution in [0.2, 0.25) is 0 Å². The molecule has 4 rings (SSSR count). The van der Waals surface area contributed by atoms with Crippen LogP contribution in [-0.2, 0) is 13.2 Å². The molecule has 2 atom stereocenters. The minimum absolute atomic E-state index is 0.0196. The highest BCUT2D eigenvalue weighted by atomic mass is 19.4. The van der Waals surface area contributed by atoms with Gasteiger partial charge in [0.05, 0.1) is 30.5 Å². The second kappa shape index (κ2) is 9.15. The van der Waals surface area contributed by atoms with Crippen molar-refractivity contribution in [3.8, 4) is 11.4 Å². The molecule has 0 unspecified atom stereocenters. The number of piperidine rings is 1. The highest BCUT2D eigenvalue weighted by Crippen LogP contribution is 2.36. The van der Waals surface area contributed by atoms with Crippen LogP contribution in [0.3, 0.4) is 0 Å². The molecule has 1 aliphatic heterocycles. The molecule has 0 radical (unpaired) electrons. The molecule has 186 valence electrons. The average molecular weight is 496 g/mol. The van der Waals surface area contributed by atoms with Gasteiger partial charge in [-0.1, -0.05) is 6.92 Å². The van der Waals surface area contributed by atoms with Gasteiger partial charge in [0, 0.05) is 38.6 Å². The number of likely N-dealkylation sites (tertiary alicyclic amines) is 1. The number of hydrogen-bond acceptors (Lipinski definition) is 7. The lowest BCUT2D eigenvalue weighted by Gasteiger charge is -2.43. The van der Waals surface area contributed by atoms with E-state index in [9.17, 15) is 26.7 Å². The third kappa shape index (κ3) is 5.35. The maximum atomic E-state index is 14.5. The van der Waals surface area contributed by atoms with Gasteiger partial charge in [-0.25, -0.2) is 28.7 Å². The topological polar surface area (TPSA) is 102 Å². The summed E-state index contributed by atoms with van der Waals surface area (Å²) in [5, 5.41) is 6.98. The molecule has 0 aliphatic carbocycles. The van der Waals surface area contributed by atoms with Crippen molar-refractivity contribution in [1.82, 2.24) is 34.6 Å². The van der Waals surface area contributed by atoms with Crippen LogP contribution in [0, 0.1) is 5.92 Å². The van der Waals surface area contributed by atoms with Crippen molar-refractivity contribution < 1.29 is 26.7 Å². The van der Waals surface area contributed by atoms with E-state index >= 15 is 0 Å². The number of carbonyl (C=O) groups excluding carboxylic acids is 1. The Bertz CT molecular complexity index is 1180. The third-order valence-electron chi connectivity index (χ3n) is 5.61. The van der Waals surface area contributed by atoms with Gasteiger partial charge in [0.25, 0.3) is 11.8 Å². The molecule has 0 bridgehead atoms. The Labute approximate surface area is 196 Å². The maximum absolute atomic E-state index is 14.5. The number of carbonyl (C=O) groups is 1. The normalized spacial score (nSPS) is 20.0. The van der Waals surface area contributed by atoms with Crippen molar-refractivity contribution in [2.24, 2.45) is 13.0 Å². The molecule has 0 spiro atoms. The Hall–Kier alpha value is -3.71. The monoisotopic (exact) mass is 496 g/mol. The lowest BCUT2D eigenvalue weighted by molar-refractivity contribution is -0.141. The quantitative estimate of drug-likeness (QED) is 0.541. The summed E-state index contributed by atoms with van der Waals surface area (Å²) in [7, 11) is 1.58. The molecule has 0 aromatic carbocycles. The molecule has 0 saturated carbocycles. The van der Waals surface area contributed by atoms with E-state index in [-0.39, 0.29) is 23.9 Å². The Balaban J connectivity index is 1.60. The fourth-order valence-corrected chi connectivity index (χ4v) is 4.04. The smallest absolute Gasteiger partial charge is 0.367 e. The standard InChI is InChI=1S/C21H21F5N8O/c1-12-6-20(22,23)11-34(14(12)7-30-16-9-29-15(8-31-16)21(24,25)26)19(35)17-13(10-33(2)32-17)18-27-4-3-5-28-18/h3-5,8-10,12,14H,6-7,11H2,1-2H3,(H,30,31)/t12-,14-/m1/s1. The summed E-state index contributed by atoms with van der Waals surface area (Å²) in [5.74, 6) is -4.26. The third-order valence-corrected chi connectivity index (χ3v) is 5.61. The summed E-state index contributed by atoms with van der Waals surface area (Å²) in [5.41, 5.74) is -0.945. The second-order valence-corrected chi connectivity index (χ2v) is 8.34. The molecule has 1 N–H and O–H groups in total. The SMILES string of the molecule is C[C@@H]1CC(F)(F)CN(C(=O)c2nn(C)cc2-c2ncccn2)[C@@H]1CNc1cnc(C(F)(F)F)cn1. The van der Waals surface area contributed by atoms with Crippen molar-refractivity contribution in [2.45, 2.75) is 31.5 Å². The molecule has 14 heteroatoms. The summed E-state index contributed by atoms with van der Waals surface area (Å²) in [4.78, 5) is 29.8. The van der Waals surface area contributed by atoms with Crippen LogP contribution in [0.5, 0.6) is 0 Å². The Morgan fingerprint density at radius 2 is 1.89 bits per heavy atom. The summed E-state index contributed by atoms with van der Waals surface area (Å²) in [6.07, 6.45) is 0.875. The fraction of sp³-hybridized carbons (Fsp3) is 0.429. The van der Waals surface area contributed by atoms with Crippen molar-refractivity contribution in [1.29, 1.82) is 0 Å². The molecule has 1 amide bonds. The van der Waals surface area contributed by atoms with Crippen molar-refractivity contribution >= 4 is 11.7 Å². The molecule has 4 heterocycles. The number of hydrogen-bond donors (Lipinski definition) is 1. The van der Waals surface area contributed by atoms with Gasteiger partial charge in [-0.3, -0.25) is 9.48 Å². The molecule has 35 heavy (non-hydrogen) atoms. The Morgan fingerprint density at radius 3 is 2.51 bits per heavy atom. The van der Waals surface area contributed by atoms with Crippen LogP contribution in [0.1, 0.15) is 29.5 Å². The zero-order valence-corrected chi connectivity index (χ0v) is 18.7. The number of aromatic nitrogens is 6. The zero-order chi connectivity index (χ0) is 25.4. The van der Waals surface area contributed by atoms with E-state index in [0.717, 1.165) is 11.1 Å². The molecular formula is C21H21F5N8O. The number of rotatable bonds is 5. The van der Waals surface area contributed by atoms with Gasteiger partial charge in [0.15, 0.2) is 17.2 Å². The summed E-state index contributed by atoms with van der Waals surface area (Å²) >= 11 is 0. The van der Waals surface area contributed by atoms with Gasteiger partial charge in [-0.15, -0.1) is 0 Å². The van der Waals surface area contributed by atoms with Crippen molar-refractivity contribution in [3.63, 3.8) is 0 Å². The lowest BCUT2D eigenvalue weighted by Crippen LogP contribution is -2.57. The number of amides is 1. The van der Waals surface area contributed by atoms with Crippen LogP contribution >= 0.6 is 0 Å². The first-order chi connectivity index (χ1) is 16.4. The maximum Gasteiger partial charge on any atom is 0.434 e. The van der Waals surface area contributed by atoms with Gasteiger partial charge in [-0.05, 0) is 12.0 Å². The Morgan fingerprint density at radius 1 is 1.17 bits per heavy atom. The number of aryl methyl sites for hydroxylation is 1. The second-order valence-electron chi connectivity index (χ2n) is 8.34. The van der Waals surface area contributed by atoms with E-state index in [0.29, 0.717) is 11.8 Å². The summed E-state index contributed by atoms with van der Waals surface area (Å²) < 4.78 is 68.6. The summed E-state index contributed by atoms with van der Waals surface area (Å²) in [6.45, 7) is 0.706. The van der Waals surface area contributed by atoms with E-state index in [4.69, 9.17) is 0 Å². The number of nitrogens with one attached hydrogen (secondary N) is 1. The number of alkyl halides is 5. The molecular weight excluding hydrogens is 475 g/mol. The molecule has 1 saturated heterocycles.